The quantitative estimate of drug-likeness (QED) is 0.609. The molecule has 0 aliphatic rings. The highest BCUT2D eigenvalue weighted by molar-refractivity contribution is 6.10. The van der Waals surface area contributed by atoms with Gasteiger partial charge in [-0.1, -0.05) is 32.1 Å². The standard InChI is InChI=1S/C20H22N4.C2H6/c1-5-15(12-21-3)18-10-16-13-22-20(11-19(16)24(18)4)23-17-8-6-7-14(2)9-17;1-2/h5-13H,1-4H3,(H,22,23);1-2H3/b15-5+,21-12?;. The molecule has 26 heavy (non-hydrogen) atoms. The van der Waals surface area contributed by atoms with Gasteiger partial charge in [0.25, 0.3) is 0 Å². The van der Waals surface area contributed by atoms with Gasteiger partial charge in [-0.2, -0.15) is 0 Å². The Kier molecular flexibility index (Phi) is 6.73. The maximum Gasteiger partial charge on any atom is 0.132 e. The fourth-order valence-corrected chi connectivity index (χ4v) is 2.87. The molecule has 0 spiro atoms. The summed E-state index contributed by atoms with van der Waals surface area (Å²) in [5, 5.41) is 4.49. The second-order valence-electron chi connectivity index (χ2n) is 5.84. The molecule has 1 aromatic carbocycles. The predicted molar refractivity (Wildman–Crippen MR) is 115 cm³/mol. The van der Waals surface area contributed by atoms with Crippen LogP contribution in [0.3, 0.4) is 0 Å². The van der Waals surface area contributed by atoms with Crippen LogP contribution in [0.2, 0.25) is 0 Å². The Morgan fingerprint density at radius 2 is 1.96 bits per heavy atom. The first kappa shape index (κ1) is 19.4. The summed E-state index contributed by atoms with van der Waals surface area (Å²) in [7, 11) is 3.86. The first-order chi connectivity index (χ1) is 12.6. The Hall–Kier alpha value is -2.88. The van der Waals surface area contributed by atoms with Gasteiger partial charge in [0.1, 0.15) is 5.82 Å². The molecule has 0 bridgehead atoms. The van der Waals surface area contributed by atoms with E-state index in [2.05, 4.69) is 64.2 Å². The van der Waals surface area contributed by atoms with Crippen LogP contribution < -0.4 is 5.32 Å². The third kappa shape index (κ3) is 4.20. The van der Waals surface area contributed by atoms with Crippen molar-refractivity contribution in [3.05, 3.63) is 59.9 Å². The van der Waals surface area contributed by atoms with E-state index < -0.39 is 0 Å². The summed E-state index contributed by atoms with van der Waals surface area (Å²) in [5.41, 5.74) is 5.64. The van der Waals surface area contributed by atoms with Gasteiger partial charge >= 0.3 is 0 Å². The van der Waals surface area contributed by atoms with Crippen molar-refractivity contribution in [1.29, 1.82) is 0 Å². The fourth-order valence-electron chi connectivity index (χ4n) is 2.87. The van der Waals surface area contributed by atoms with Gasteiger partial charge in [0.2, 0.25) is 0 Å². The Balaban J connectivity index is 0.00000117. The molecule has 0 saturated heterocycles. The highest BCUT2D eigenvalue weighted by atomic mass is 15.0. The number of nitrogens with one attached hydrogen (secondary N) is 1. The summed E-state index contributed by atoms with van der Waals surface area (Å²) in [6.45, 7) is 8.11. The van der Waals surface area contributed by atoms with Gasteiger partial charge in [-0.05, 0) is 37.6 Å². The van der Waals surface area contributed by atoms with E-state index in [0.29, 0.717) is 0 Å². The number of rotatable bonds is 4. The number of aromatic nitrogens is 2. The van der Waals surface area contributed by atoms with Crippen LogP contribution in [0.1, 0.15) is 32.0 Å². The van der Waals surface area contributed by atoms with Crippen LogP contribution >= 0.6 is 0 Å². The molecule has 4 heteroatoms. The van der Waals surface area contributed by atoms with E-state index in [1.807, 2.05) is 45.3 Å². The SMILES string of the molecule is C/C=C(\C=NC)c1cc2cnc(Nc3cccc(C)c3)cc2n1C.CC. The molecule has 3 aromatic rings. The Labute approximate surface area is 156 Å². The van der Waals surface area contributed by atoms with Crippen LogP contribution in [0.15, 0.2) is 53.7 Å². The lowest BCUT2D eigenvalue weighted by Gasteiger charge is -2.08. The van der Waals surface area contributed by atoms with Crippen molar-refractivity contribution in [2.75, 3.05) is 12.4 Å². The normalized spacial score (nSPS) is 11.5. The van der Waals surface area contributed by atoms with Crippen molar-refractivity contribution >= 4 is 34.2 Å². The summed E-state index contributed by atoms with van der Waals surface area (Å²) < 4.78 is 2.18. The van der Waals surface area contributed by atoms with Crippen LogP contribution in [0, 0.1) is 6.92 Å². The molecule has 0 aliphatic heterocycles. The van der Waals surface area contributed by atoms with Gasteiger partial charge in [0.15, 0.2) is 0 Å². The summed E-state index contributed by atoms with van der Waals surface area (Å²) in [5.74, 6) is 0.840. The molecule has 0 saturated carbocycles. The molecule has 0 radical (unpaired) electrons. The minimum Gasteiger partial charge on any atom is -0.343 e. The molecule has 0 amide bonds. The minimum atomic E-state index is 0.840. The zero-order chi connectivity index (χ0) is 19.1. The maximum absolute atomic E-state index is 4.54. The van der Waals surface area contributed by atoms with E-state index >= 15 is 0 Å². The molecule has 0 aliphatic carbocycles. The molecule has 136 valence electrons. The zero-order valence-electron chi connectivity index (χ0n) is 16.5. The van der Waals surface area contributed by atoms with Crippen LogP contribution in [0.4, 0.5) is 11.5 Å². The first-order valence-corrected chi connectivity index (χ1v) is 9.00. The Morgan fingerprint density at radius 3 is 2.62 bits per heavy atom. The van der Waals surface area contributed by atoms with Gasteiger partial charge in [-0.3, -0.25) is 4.99 Å². The number of hydrogen-bond donors (Lipinski definition) is 1. The third-order valence-corrected chi connectivity index (χ3v) is 4.09. The van der Waals surface area contributed by atoms with E-state index in [1.165, 1.54) is 5.56 Å². The molecule has 0 unspecified atom stereocenters. The van der Waals surface area contributed by atoms with Crippen molar-refractivity contribution in [3.8, 4) is 0 Å². The Bertz CT molecular complexity index is 932. The average molecular weight is 348 g/mol. The summed E-state index contributed by atoms with van der Waals surface area (Å²) in [6.07, 6.45) is 5.86. The molecular formula is C22H28N4. The van der Waals surface area contributed by atoms with Crippen molar-refractivity contribution in [1.82, 2.24) is 9.55 Å². The average Bonchev–Trinajstić information content (AvgIpc) is 2.98. The topological polar surface area (TPSA) is 42.2 Å². The highest BCUT2D eigenvalue weighted by Gasteiger charge is 2.10. The third-order valence-electron chi connectivity index (χ3n) is 4.09. The molecule has 2 heterocycles. The first-order valence-electron chi connectivity index (χ1n) is 9.00. The number of benzene rings is 1. The van der Waals surface area contributed by atoms with Crippen LogP contribution in [-0.2, 0) is 7.05 Å². The summed E-state index contributed by atoms with van der Waals surface area (Å²) in [6, 6.07) is 12.5. The van der Waals surface area contributed by atoms with Gasteiger partial charge in [-0.25, -0.2) is 4.98 Å². The van der Waals surface area contributed by atoms with Gasteiger partial charge in [0, 0.05) is 49.2 Å². The summed E-state index contributed by atoms with van der Waals surface area (Å²) in [4.78, 5) is 8.68. The van der Waals surface area contributed by atoms with E-state index in [9.17, 15) is 0 Å². The van der Waals surface area contributed by atoms with E-state index in [1.54, 1.807) is 7.05 Å². The molecule has 4 nitrogen and oxygen atoms in total. The second kappa shape index (κ2) is 8.99. The molecule has 3 rings (SSSR count). The number of fused-ring (bicyclic) bond motifs is 1. The number of hydrogen-bond acceptors (Lipinski definition) is 3. The Morgan fingerprint density at radius 1 is 1.19 bits per heavy atom. The second-order valence-corrected chi connectivity index (χ2v) is 5.84. The van der Waals surface area contributed by atoms with Crippen molar-refractivity contribution in [3.63, 3.8) is 0 Å². The lowest BCUT2D eigenvalue weighted by molar-refractivity contribution is 0.950. The van der Waals surface area contributed by atoms with Crippen LogP contribution in [0.25, 0.3) is 16.5 Å². The van der Waals surface area contributed by atoms with E-state index in [0.717, 1.165) is 33.7 Å². The number of aliphatic imine (C=N–C) groups is 1. The lowest BCUT2D eigenvalue weighted by Crippen LogP contribution is -1.98. The van der Waals surface area contributed by atoms with Crippen molar-refractivity contribution < 1.29 is 0 Å². The number of pyridine rings is 1. The predicted octanol–water partition coefficient (Wildman–Crippen LogP) is 5.76. The number of anilines is 2. The van der Waals surface area contributed by atoms with Gasteiger partial charge in [-0.15, -0.1) is 0 Å². The van der Waals surface area contributed by atoms with Crippen LogP contribution in [0.5, 0.6) is 0 Å². The molecule has 0 fully saturated rings. The van der Waals surface area contributed by atoms with Crippen molar-refractivity contribution in [2.45, 2.75) is 27.7 Å². The van der Waals surface area contributed by atoms with Crippen LogP contribution in [-0.4, -0.2) is 22.8 Å². The lowest BCUT2D eigenvalue weighted by atomic mass is 10.2. The van der Waals surface area contributed by atoms with E-state index in [-0.39, 0.29) is 0 Å². The van der Waals surface area contributed by atoms with Gasteiger partial charge < -0.3 is 9.88 Å². The number of allylic oxidation sites excluding steroid dienone is 2. The summed E-state index contributed by atoms with van der Waals surface area (Å²) >= 11 is 0. The smallest absolute Gasteiger partial charge is 0.132 e. The highest BCUT2D eigenvalue weighted by Crippen LogP contribution is 2.26. The molecule has 1 N–H and O–H groups in total. The molecular weight excluding hydrogens is 320 g/mol. The zero-order valence-corrected chi connectivity index (χ0v) is 16.5. The minimum absolute atomic E-state index is 0.840. The largest absolute Gasteiger partial charge is 0.343 e. The fraction of sp³-hybridized carbons (Fsp3) is 0.273. The van der Waals surface area contributed by atoms with Crippen molar-refractivity contribution in [2.24, 2.45) is 12.0 Å². The molecule has 2 aromatic heterocycles. The maximum atomic E-state index is 4.54. The monoisotopic (exact) mass is 348 g/mol. The van der Waals surface area contributed by atoms with Gasteiger partial charge in [0.05, 0.1) is 11.2 Å². The van der Waals surface area contributed by atoms with E-state index in [4.69, 9.17) is 0 Å². The number of aryl methyl sites for hydroxylation is 2. The molecule has 0 atom stereocenters. The number of nitrogens with zero attached hydrogens (tertiary/aromatic N) is 3.